The monoisotopic (exact) mass is 150 g/mol. The molecule has 0 aromatic carbocycles. The topological polar surface area (TPSA) is 9.23 Å². The first kappa shape index (κ1) is 6.78. The van der Waals surface area contributed by atoms with Gasteiger partial charge < -0.3 is 4.74 Å². The minimum Gasteiger partial charge on any atom is -0.379 e. The molecular formula is C5H10OS2. The van der Waals surface area contributed by atoms with Gasteiger partial charge in [-0.2, -0.15) is 24.4 Å². The van der Waals surface area contributed by atoms with E-state index in [2.05, 4.69) is 12.6 Å². The Kier molecular flexibility index (Phi) is 2.53. The highest BCUT2D eigenvalue weighted by Gasteiger charge is 2.23. The average Bonchev–Trinajstić information content (AvgIpc) is 2.14. The highest BCUT2D eigenvalue weighted by Crippen LogP contribution is 2.23. The predicted molar refractivity (Wildman–Crippen MR) is 40.9 cm³/mol. The van der Waals surface area contributed by atoms with E-state index in [4.69, 9.17) is 4.74 Å². The molecule has 1 nitrogen and oxygen atoms in total. The number of ether oxygens (including phenoxy) is 1. The average molecular weight is 150 g/mol. The number of hydrogen-bond donors (Lipinski definition) is 1. The lowest BCUT2D eigenvalue weighted by molar-refractivity contribution is 0.129. The number of rotatable bonds is 1. The van der Waals surface area contributed by atoms with Gasteiger partial charge >= 0.3 is 0 Å². The van der Waals surface area contributed by atoms with E-state index in [0.717, 1.165) is 11.5 Å². The molecule has 1 rings (SSSR count). The Morgan fingerprint density at radius 2 is 2.38 bits per heavy atom. The van der Waals surface area contributed by atoms with Crippen LogP contribution in [0.2, 0.25) is 0 Å². The van der Waals surface area contributed by atoms with Crippen molar-refractivity contribution < 1.29 is 4.74 Å². The molecule has 0 aromatic heterocycles. The van der Waals surface area contributed by atoms with Crippen LogP contribution in [0.3, 0.4) is 0 Å². The van der Waals surface area contributed by atoms with Gasteiger partial charge in [-0.15, -0.1) is 0 Å². The maximum Gasteiger partial charge on any atom is 0.0785 e. The maximum absolute atomic E-state index is 5.13. The van der Waals surface area contributed by atoms with Gasteiger partial charge in [-0.25, -0.2) is 0 Å². The fraction of sp³-hybridized carbons (Fsp3) is 1.00. The summed E-state index contributed by atoms with van der Waals surface area (Å²) in [6.45, 7) is 0. The molecule has 0 aromatic rings. The molecule has 0 aliphatic carbocycles. The van der Waals surface area contributed by atoms with E-state index in [1.165, 1.54) is 0 Å². The first-order valence-corrected chi connectivity index (χ1v) is 4.30. The minimum absolute atomic E-state index is 0.392. The van der Waals surface area contributed by atoms with E-state index >= 15 is 0 Å². The molecule has 1 heterocycles. The Balaban J connectivity index is 2.30. The lowest BCUT2D eigenvalue weighted by Gasteiger charge is -2.09. The molecule has 0 saturated carbocycles. The lowest BCUT2D eigenvalue weighted by atomic mass is 10.3. The van der Waals surface area contributed by atoms with Crippen LogP contribution in [0.15, 0.2) is 0 Å². The maximum atomic E-state index is 5.13. The zero-order valence-corrected chi connectivity index (χ0v) is 6.54. The van der Waals surface area contributed by atoms with Crippen LogP contribution in [0, 0.1) is 0 Å². The van der Waals surface area contributed by atoms with Crippen molar-refractivity contribution in [2.24, 2.45) is 0 Å². The number of thioether (sulfide) groups is 1. The summed E-state index contributed by atoms with van der Waals surface area (Å²) in [6.07, 6.45) is 0.392. The number of methoxy groups -OCH3 is 1. The van der Waals surface area contributed by atoms with Gasteiger partial charge in [0, 0.05) is 23.9 Å². The molecule has 0 bridgehead atoms. The van der Waals surface area contributed by atoms with Crippen molar-refractivity contribution >= 4 is 24.4 Å². The summed E-state index contributed by atoms with van der Waals surface area (Å²) in [5.41, 5.74) is 0. The standard InChI is InChI=1S/C5H10OS2/c1-6-4-2-8-3-5(4)7/h4-5,7H,2-3H2,1H3/t4-,5+/m1/s1. The van der Waals surface area contributed by atoms with Gasteiger partial charge in [-0.1, -0.05) is 0 Å². The normalized spacial score (nSPS) is 38.2. The van der Waals surface area contributed by atoms with Crippen molar-refractivity contribution in [2.45, 2.75) is 11.4 Å². The van der Waals surface area contributed by atoms with Gasteiger partial charge in [0.25, 0.3) is 0 Å². The Bertz CT molecular complexity index is 76.8. The predicted octanol–water partition coefficient (Wildman–Crippen LogP) is 1.05. The summed E-state index contributed by atoms with van der Waals surface area (Å²) in [4.78, 5) is 0. The van der Waals surface area contributed by atoms with E-state index in [1.807, 2.05) is 11.8 Å². The van der Waals surface area contributed by atoms with Gasteiger partial charge in [0.2, 0.25) is 0 Å². The summed E-state index contributed by atoms with van der Waals surface area (Å²) in [7, 11) is 1.75. The van der Waals surface area contributed by atoms with Gasteiger partial charge in [0.05, 0.1) is 6.10 Å². The summed E-state index contributed by atoms with van der Waals surface area (Å²) in [5, 5.41) is 0.463. The van der Waals surface area contributed by atoms with Crippen molar-refractivity contribution in [3.8, 4) is 0 Å². The van der Waals surface area contributed by atoms with Crippen molar-refractivity contribution in [2.75, 3.05) is 18.6 Å². The van der Waals surface area contributed by atoms with Crippen LogP contribution in [-0.4, -0.2) is 30.0 Å². The van der Waals surface area contributed by atoms with Crippen LogP contribution < -0.4 is 0 Å². The molecule has 1 aliphatic rings. The van der Waals surface area contributed by atoms with Crippen LogP contribution in [0.1, 0.15) is 0 Å². The first-order valence-electron chi connectivity index (χ1n) is 2.63. The number of thiol groups is 1. The van der Waals surface area contributed by atoms with Crippen LogP contribution in [0.4, 0.5) is 0 Å². The smallest absolute Gasteiger partial charge is 0.0785 e. The fourth-order valence-corrected chi connectivity index (χ4v) is 2.63. The summed E-state index contributed by atoms with van der Waals surface area (Å²) >= 11 is 6.24. The molecular weight excluding hydrogens is 140 g/mol. The Labute approximate surface area is 59.6 Å². The molecule has 1 fully saturated rings. The van der Waals surface area contributed by atoms with E-state index in [-0.39, 0.29) is 0 Å². The Morgan fingerprint density at radius 1 is 1.62 bits per heavy atom. The lowest BCUT2D eigenvalue weighted by Crippen LogP contribution is -2.20. The number of hydrogen-bond acceptors (Lipinski definition) is 3. The SMILES string of the molecule is CO[C@@H]1CSC[C@@H]1S. The molecule has 2 atom stereocenters. The third-order valence-corrected chi connectivity index (χ3v) is 3.22. The van der Waals surface area contributed by atoms with E-state index in [0.29, 0.717) is 11.4 Å². The molecule has 1 aliphatic heterocycles. The van der Waals surface area contributed by atoms with Crippen molar-refractivity contribution in [3.05, 3.63) is 0 Å². The fourth-order valence-electron chi connectivity index (χ4n) is 0.748. The molecule has 0 unspecified atom stereocenters. The molecule has 0 N–H and O–H groups in total. The highest BCUT2D eigenvalue weighted by molar-refractivity contribution is 8.00. The Morgan fingerprint density at radius 3 is 2.62 bits per heavy atom. The van der Waals surface area contributed by atoms with Crippen LogP contribution in [0.25, 0.3) is 0 Å². The van der Waals surface area contributed by atoms with Crippen LogP contribution in [-0.2, 0) is 4.74 Å². The summed E-state index contributed by atoms with van der Waals surface area (Å²) in [6, 6.07) is 0. The summed E-state index contributed by atoms with van der Waals surface area (Å²) < 4.78 is 5.13. The first-order chi connectivity index (χ1) is 3.84. The van der Waals surface area contributed by atoms with Crippen LogP contribution >= 0.6 is 24.4 Å². The quantitative estimate of drug-likeness (QED) is 0.559. The van der Waals surface area contributed by atoms with E-state index < -0.39 is 0 Å². The second kappa shape index (κ2) is 2.99. The Hall–Kier alpha value is 0.660. The molecule has 0 spiro atoms. The molecule has 0 amide bonds. The molecule has 48 valence electrons. The zero-order chi connectivity index (χ0) is 5.98. The van der Waals surface area contributed by atoms with Gasteiger partial charge in [-0.05, 0) is 0 Å². The second-order valence-electron chi connectivity index (χ2n) is 1.88. The van der Waals surface area contributed by atoms with Gasteiger partial charge in [-0.3, -0.25) is 0 Å². The summed E-state index contributed by atoms with van der Waals surface area (Å²) in [5.74, 6) is 2.26. The van der Waals surface area contributed by atoms with E-state index in [9.17, 15) is 0 Å². The van der Waals surface area contributed by atoms with Crippen molar-refractivity contribution in [3.63, 3.8) is 0 Å². The third kappa shape index (κ3) is 1.33. The molecule has 3 heteroatoms. The van der Waals surface area contributed by atoms with Gasteiger partial charge in [0.1, 0.15) is 0 Å². The van der Waals surface area contributed by atoms with E-state index in [1.54, 1.807) is 7.11 Å². The van der Waals surface area contributed by atoms with Crippen molar-refractivity contribution in [1.82, 2.24) is 0 Å². The van der Waals surface area contributed by atoms with Crippen LogP contribution in [0.5, 0.6) is 0 Å². The molecule has 1 saturated heterocycles. The zero-order valence-electron chi connectivity index (χ0n) is 4.83. The molecule has 0 radical (unpaired) electrons. The van der Waals surface area contributed by atoms with Gasteiger partial charge in [0.15, 0.2) is 0 Å². The second-order valence-corrected chi connectivity index (χ2v) is 3.62. The van der Waals surface area contributed by atoms with Crippen molar-refractivity contribution in [1.29, 1.82) is 0 Å². The molecule has 8 heavy (non-hydrogen) atoms. The minimum atomic E-state index is 0.392. The largest absolute Gasteiger partial charge is 0.379 e. The highest BCUT2D eigenvalue weighted by atomic mass is 32.2. The third-order valence-electron chi connectivity index (χ3n) is 1.30.